The molecule has 0 heterocycles. The van der Waals surface area contributed by atoms with Crippen molar-refractivity contribution in [1.29, 1.82) is 0 Å². The number of nitrogens with zero attached hydrogens (tertiary/aromatic N) is 1. The second kappa shape index (κ2) is 8.21. The molecule has 0 bridgehead atoms. The summed E-state index contributed by atoms with van der Waals surface area (Å²) >= 11 is 3.48. The average Bonchev–Trinajstić information content (AvgIpc) is 2.37. The van der Waals surface area contributed by atoms with Crippen molar-refractivity contribution in [2.24, 2.45) is 0 Å². The van der Waals surface area contributed by atoms with E-state index in [0.717, 1.165) is 28.9 Å². The molecule has 0 spiro atoms. The summed E-state index contributed by atoms with van der Waals surface area (Å²) in [6.07, 6.45) is 5.22. The molecule has 4 heteroatoms. The maximum absolute atomic E-state index is 5.54. The van der Waals surface area contributed by atoms with Crippen molar-refractivity contribution in [3.63, 3.8) is 0 Å². The number of nitrogens with one attached hydrogen (secondary N) is 1. The van der Waals surface area contributed by atoms with Gasteiger partial charge in [0, 0.05) is 29.2 Å². The van der Waals surface area contributed by atoms with E-state index in [4.69, 9.17) is 11.2 Å². The number of hydrogen-bond donors (Lipinski definition) is 1. The molecule has 19 heavy (non-hydrogen) atoms. The standard InChI is InChI=1S/C15H21BrN2O/c1-5-8-19-15-7-6-14(16)9-13(15)11-17-10-12(2)18(3)4/h1,6-7,9,12,17H,8,10-11H2,2-4H3. The van der Waals surface area contributed by atoms with Gasteiger partial charge in [0.25, 0.3) is 0 Å². The maximum Gasteiger partial charge on any atom is 0.148 e. The third-order valence-corrected chi connectivity index (χ3v) is 3.46. The first-order valence-electron chi connectivity index (χ1n) is 6.26. The van der Waals surface area contributed by atoms with E-state index in [-0.39, 0.29) is 0 Å². The van der Waals surface area contributed by atoms with Gasteiger partial charge >= 0.3 is 0 Å². The van der Waals surface area contributed by atoms with Crippen LogP contribution in [0.25, 0.3) is 0 Å². The van der Waals surface area contributed by atoms with Crippen LogP contribution in [0, 0.1) is 12.3 Å². The number of hydrogen-bond acceptors (Lipinski definition) is 3. The van der Waals surface area contributed by atoms with Crippen LogP contribution in [0.1, 0.15) is 12.5 Å². The summed E-state index contributed by atoms with van der Waals surface area (Å²) in [7, 11) is 4.15. The van der Waals surface area contributed by atoms with Crippen LogP contribution >= 0.6 is 15.9 Å². The zero-order valence-corrected chi connectivity index (χ0v) is 13.3. The average molecular weight is 325 g/mol. The predicted octanol–water partition coefficient (Wildman–Crippen LogP) is 2.50. The third kappa shape index (κ3) is 5.65. The number of ether oxygens (including phenoxy) is 1. The van der Waals surface area contributed by atoms with E-state index >= 15 is 0 Å². The van der Waals surface area contributed by atoms with Gasteiger partial charge in [-0.15, -0.1) is 6.42 Å². The quantitative estimate of drug-likeness (QED) is 0.780. The highest BCUT2D eigenvalue weighted by molar-refractivity contribution is 9.10. The summed E-state index contributed by atoms with van der Waals surface area (Å²) in [5, 5.41) is 3.43. The van der Waals surface area contributed by atoms with E-state index in [1.54, 1.807) is 0 Å². The summed E-state index contributed by atoms with van der Waals surface area (Å²) < 4.78 is 6.58. The SMILES string of the molecule is C#CCOc1ccc(Br)cc1CNCC(C)N(C)C. The molecular formula is C15H21BrN2O. The molecule has 0 saturated carbocycles. The van der Waals surface area contributed by atoms with Gasteiger partial charge in [-0.05, 0) is 39.2 Å². The number of terminal acetylenes is 1. The van der Waals surface area contributed by atoms with Gasteiger partial charge in [0.2, 0.25) is 0 Å². The lowest BCUT2D eigenvalue weighted by Gasteiger charge is -2.20. The Balaban J connectivity index is 2.60. The fourth-order valence-electron chi connectivity index (χ4n) is 1.54. The van der Waals surface area contributed by atoms with E-state index in [2.05, 4.69) is 59.2 Å². The van der Waals surface area contributed by atoms with E-state index in [0.29, 0.717) is 12.6 Å². The molecule has 0 aromatic heterocycles. The molecule has 3 nitrogen and oxygen atoms in total. The molecule has 0 radical (unpaired) electrons. The molecule has 0 aliphatic carbocycles. The normalized spacial score (nSPS) is 12.2. The van der Waals surface area contributed by atoms with Crippen LogP contribution < -0.4 is 10.1 Å². The van der Waals surface area contributed by atoms with E-state index in [9.17, 15) is 0 Å². The summed E-state index contributed by atoms with van der Waals surface area (Å²) in [6.45, 7) is 4.16. The van der Waals surface area contributed by atoms with Gasteiger partial charge in [-0.2, -0.15) is 0 Å². The molecule has 0 aliphatic rings. The molecule has 1 rings (SSSR count). The van der Waals surface area contributed by atoms with Crippen LogP contribution in [0.15, 0.2) is 22.7 Å². The van der Waals surface area contributed by atoms with Crippen LogP contribution in [-0.4, -0.2) is 38.2 Å². The van der Waals surface area contributed by atoms with Crippen LogP contribution in [-0.2, 0) is 6.54 Å². The smallest absolute Gasteiger partial charge is 0.148 e. The fourth-order valence-corrected chi connectivity index (χ4v) is 1.95. The highest BCUT2D eigenvalue weighted by Crippen LogP contribution is 2.23. The summed E-state index contributed by atoms with van der Waals surface area (Å²) in [4.78, 5) is 2.18. The molecule has 0 amide bonds. The fraction of sp³-hybridized carbons (Fsp3) is 0.467. The Labute approximate surface area is 124 Å². The topological polar surface area (TPSA) is 24.5 Å². The summed E-state index contributed by atoms with van der Waals surface area (Å²) in [5.41, 5.74) is 1.11. The molecule has 1 atom stereocenters. The summed E-state index contributed by atoms with van der Waals surface area (Å²) in [5.74, 6) is 3.33. The third-order valence-electron chi connectivity index (χ3n) is 2.97. The van der Waals surface area contributed by atoms with Crippen LogP contribution in [0.3, 0.4) is 0 Å². The van der Waals surface area contributed by atoms with E-state index in [1.807, 2.05) is 12.1 Å². The monoisotopic (exact) mass is 324 g/mol. The van der Waals surface area contributed by atoms with Crippen molar-refractivity contribution in [3.05, 3.63) is 28.2 Å². The van der Waals surface area contributed by atoms with E-state index < -0.39 is 0 Å². The Kier molecular flexibility index (Phi) is 6.93. The highest BCUT2D eigenvalue weighted by Gasteiger charge is 2.07. The van der Waals surface area contributed by atoms with Gasteiger partial charge in [-0.25, -0.2) is 0 Å². The maximum atomic E-state index is 5.54. The van der Waals surface area contributed by atoms with Gasteiger partial charge < -0.3 is 15.0 Å². The molecule has 1 N–H and O–H groups in total. The van der Waals surface area contributed by atoms with E-state index in [1.165, 1.54) is 0 Å². The first-order chi connectivity index (χ1) is 9.04. The minimum absolute atomic E-state index is 0.294. The summed E-state index contributed by atoms with van der Waals surface area (Å²) in [6, 6.07) is 6.44. The van der Waals surface area contributed by atoms with Crippen molar-refractivity contribution in [1.82, 2.24) is 10.2 Å². The minimum Gasteiger partial charge on any atom is -0.481 e. The predicted molar refractivity (Wildman–Crippen MR) is 83.3 cm³/mol. The first kappa shape index (κ1) is 16.0. The lowest BCUT2D eigenvalue weighted by molar-refractivity contribution is 0.301. The van der Waals surface area contributed by atoms with Gasteiger partial charge in [-0.1, -0.05) is 21.9 Å². The van der Waals surface area contributed by atoms with Crippen molar-refractivity contribution in [2.45, 2.75) is 19.5 Å². The zero-order valence-electron chi connectivity index (χ0n) is 11.7. The Bertz CT molecular complexity index is 440. The number of halogens is 1. The molecular weight excluding hydrogens is 304 g/mol. The second-order valence-corrected chi connectivity index (χ2v) is 5.60. The van der Waals surface area contributed by atoms with Crippen molar-refractivity contribution in [2.75, 3.05) is 27.2 Å². The first-order valence-corrected chi connectivity index (χ1v) is 7.05. The van der Waals surface area contributed by atoms with Crippen molar-refractivity contribution < 1.29 is 4.74 Å². The molecule has 1 unspecified atom stereocenters. The molecule has 0 aliphatic heterocycles. The van der Waals surface area contributed by atoms with Crippen LogP contribution in [0.5, 0.6) is 5.75 Å². The molecule has 1 aromatic carbocycles. The van der Waals surface area contributed by atoms with Crippen molar-refractivity contribution in [3.8, 4) is 18.1 Å². The molecule has 104 valence electrons. The van der Waals surface area contributed by atoms with Gasteiger partial charge in [0.15, 0.2) is 0 Å². The largest absolute Gasteiger partial charge is 0.481 e. The zero-order chi connectivity index (χ0) is 14.3. The number of benzene rings is 1. The Morgan fingerprint density at radius 3 is 2.84 bits per heavy atom. The number of rotatable bonds is 7. The Morgan fingerprint density at radius 2 is 2.21 bits per heavy atom. The minimum atomic E-state index is 0.294. The lowest BCUT2D eigenvalue weighted by Crippen LogP contribution is -2.35. The second-order valence-electron chi connectivity index (χ2n) is 4.69. The number of likely N-dealkylation sites (N-methyl/N-ethyl adjacent to an activating group) is 1. The Hall–Kier alpha value is -1.02. The molecule has 0 saturated heterocycles. The highest BCUT2D eigenvalue weighted by atomic mass is 79.9. The van der Waals surface area contributed by atoms with Crippen molar-refractivity contribution >= 4 is 15.9 Å². The lowest BCUT2D eigenvalue weighted by atomic mass is 10.2. The van der Waals surface area contributed by atoms with Crippen LogP contribution in [0.4, 0.5) is 0 Å². The van der Waals surface area contributed by atoms with Crippen LogP contribution in [0.2, 0.25) is 0 Å². The van der Waals surface area contributed by atoms with Gasteiger partial charge in [-0.3, -0.25) is 0 Å². The van der Waals surface area contributed by atoms with Gasteiger partial charge in [0.1, 0.15) is 12.4 Å². The van der Waals surface area contributed by atoms with Gasteiger partial charge in [0.05, 0.1) is 0 Å². The molecule has 0 fully saturated rings. The molecule has 1 aromatic rings. The Morgan fingerprint density at radius 1 is 1.47 bits per heavy atom.